The van der Waals surface area contributed by atoms with E-state index in [1.54, 1.807) is 0 Å². The average Bonchev–Trinajstić information content (AvgIpc) is 3.11. The number of carbonyl (C=O) groups excluding carboxylic acids is 1. The van der Waals surface area contributed by atoms with E-state index < -0.39 is 16.0 Å². The third kappa shape index (κ3) is 3.60. The smallest absolute Gasteiger partial charge is 0.338 e. The van der Waals surface area contributed by atoms with Crippen molar-refractivity contribution in [3.05, 3.63) is 27.7 Å². The van der Waals surface area contributed by atoms with Crippen LogP contribution in [0.4, 0.5) is 0 Å². The van der Waals surface area contributed by atoms with Gasteiger partial charge in [0.1, 0.15) is 4.90 Å². The Morgan fingerprint density at radius 3 is 2.53 bits per heavy atom. The Balaban J connectivity index is 2.30. The lowest BCUT2D eigenvalue weighted by molar-refractivity contribution is 0.0486. The molecule has 0 bridgehead atoms. The van der Waals surface area contributed by atoms with Crippen molar-refractivity contribution in [3.63, 3.8) is 0 Å². The summed E-state index contributed by atoms with van der Waals surface area (Å²) in [5, 5.41) is 4.74. The fraction of sp³-hybridized carbons (Fsp3) is 0.364. The quantitative estimate of drug-likeness (QED) is 0.860. The normalized spacial score (nSPS) is 15.3. The summed E-state index contributed by atoms with van der Waals surface area (Å²) in [7, 11) is -4.06. The molecule has 104 valence electrons. The monoisotopic (exact) mass is 323 g/mol. The summed E-state index contributed by atoms with van der Waals surface area (Å²) in [5.74, 6) is -0.236. The molecule has 2 rings (SSSR count). The van der Waals surface area contributed by atoms with E-state index in [1.807, 2.05) is 0 Å². The van der Waals surface area contributed by atoms with E-state index >= 15 is 0 Å². The third-order valence-corrected chi connectivity index (χ3v) is 4.53. The highest BCUT2D eigenvalue weighted by molar-refractivity contribution is 7.89. The Labute approximate surface area is 120 Å². The number of carbonyl (C=O) groups is 1. The predicted molar refractivity (Wildman–Crippen MR) is 70.8 cm³/mol. The van der Waals surface area contributed by atoms with Crippen molar-refractivity contribution < 1.29 is 17.9 Å². The van der Waals surface area contributed by atoms with Crippen molar-refractivity contribution in [2.75, 3.05) is 6.61 Å². The van der Waals surface area contributed by atoms with Crippen LogP contribution >= 0.6 is 23.2 Å². The van der Waals surface area contributed by atoms with Crippen LogP contribution in [0.15, 0.2) is 17.0 Å². The average molecular weight is 324 g/mol. The van der Waals surface area contributed by atoms with E-state index in [1.165, 1.54) is 6.07 Å². The summed E-state index contributed by atoms with van der Waals surface area (Å²) in [6.45, 7) is 0.323. The molecule has 0 unspecified atom stereocenters. The van der Waals surface area contributed by atoms with Crippen LogP contribution in [0, 0.1) is 5.92 Å². The van der Waals surface area contributed by atoms with Crippen LogP contribution < -0.4 is 5.14 Å². The third-order valence-electron chi connectivity index (χ3n) is 2.68. The van der Waals surface area contributed by atoms with Gasteiger partial charge in [-0.2, -0.15) is 0 Å². The zero-order valence-electron chi connectivity index (χ0n) is 9.73. The number of benzene rings is 1. The van der Waals surface area contributed by atoms with Gasteiger partial charge in [-0.05, 0) is 30.9 Å². The van der Waals surface area contributed by atoms with E-state index in [2.05, 4.69) is 0 Å². The molecule has 0 saturated heterocycles. The van der Waals surface area contributed by atoms with Crippen LogP contribution in [0.2, 0.25) is 10.0 Å². The Morgan fingerprint density at radius 2 is 2.00 bits per heavy atom. The summed E-state index contributed by atoms with van der Waals surface area (Å²) in [5.41, 5.74) is 0.0130. The fourth-order valence-corrected chi connectivity index (χ4v) is 2.81. The van der Waals surface area contributed by atoms with Crippen molar-refractivity contribution in [1.29, 1.82) is 0 Å². The van der Waals surface area contributed by atoms with Crippen LogP contribution in [0.1, 0.15) is 23.2 Å². The molecule has 0 aromatic heterocycles. The van der Waals surface area contributed by atoms with Crippen LogP contribution in [0.3, 0.4) is 0 Å². The molecule has 19 heavy (non-hydrogen) atoms. The summed E-state index contributed by atoms with van der Waals surface area (Å²) in [6, 6.07) is 2.33. The zero-order valence-corrected chi connectivity index (χ0v) is 12.1. The Morgan fingerprint density at radius 1 is 1.37 bits per heavy atom. The van der Waals surface area contributed by atoms with E-state index in [-0.39, 0.29) is 20.5 Å². The summed E-state index contributed by atoms with van der Waals surface area (Å²) in [6.07, 6.45) is 2.08. The molecule has 2 N–H and O–H groups in total. The second kappa shape index (κ2) is 5.28. The Kier molecular flexibility index (Phi) is 4.06. The number of esters is 1. The van der Waals surface area contributed by atoms with Crippen LogP contribution in [-0.2, 0) is 14.8 Å². The van der Waals surface area contributed by atoms with Gasteiger partial charge < -0.3 is 4.74 Å². The Hall–Kier alpha value is -0.820. The predicted octanol–water partition coefficient (Wildman–Crippen LogP) is 2.21. The van der Waals surface area contributed by atoms with Gasteiger partial charge in [-0.1, -0.05) is 23.2 Å². The lowest BCUT2D eigenvalue weighted by atomic mass is 10.2. The molecule has 1 aliphatic carbocycles. The number of hydrogen-bond acceptors (Lipinski definition) is 4. The van der Waals surface area contributed by atoms with Gasteiger partial charge in [0.05, 0.1) is 22.2 Å². The molecule has 1 saturated carbocycles. The number of ether oxygens (including phenoxy) is 1. The minimum absolute atomic E-state index is 0.0130. The molecule has 0 atom stereocenters. The molecular formula is C11H11Cl2NO4S. The number of primary sulfonamides is 1. The number of hydrogen-bond donors (Lipinski definition) is 1. The molecule has 1 aliphatic rings. The van der Waals surface area contributed by atoms with Crippen molar-refractivity contribution in [3.8, 4) is 0 Å². The van der Waals surface area contributed by atoms with E-state index in [0.717, 1.165) is 18.9 Å². The van der Waals surface area contributed by atoms with E-state index in [9.17, 15) is 13.2 Å². The second-order valence-corrected chi connectivity index (χ2v) is 6.67. The number of halogens is 2. The van der Waals surface area contributed by atoms with Gasteiger partial charge in [-0.15, -0.1) is 0 Å². The van der Waals surface area contributed by atoms with Crippen molar-refractivity contribution >= 4 is 39.2 Å². The van der Waals surface area contributed by atoms with Gasteiger partial charge in [0, 0.05) is 0 Å². The number of nitrogens with two attached hydrogens (primary N) is 1. The maximum Gasteiger partial charge on any atom is 0.338 e. The van der Waals surface area contributed by atoms with Gasteiger partial charge in [0.2, 0.25) is 10.0 Å². The maximum atomic E-state index is 11.8. The molecule has 1 aromatic rings. The highest BCUT2D eigenvalue weighted by Gasteiger charge is 2.25. The molecule has 1 fully saturated rings. The lowest BCUT2D eigenvalue weighted by Gasteiger charge is -2.08. The fourth-order valence-electron chi connectivity index (χ4n) is 1.45. The molecular weight excluding hydrogens is 313 g/mol. The van der Waals surface area contributed by atoms with Gasteiger partial charge >= 0.3 is 5.97 Å². The minimum atomic E-state index is -4.06. The van der Waals surface area contributed by atoms with Gasteiger partial charge in [-0.3, -0.25) is 0 Å². The first-order valence-corrected chi connectivity index (χ1v) is 7.78. The first-order chi connectivity index (χ1) is 8.79. The van der Waals surface area contributed by atoms with Gasteiger partial charge in [0.25, 0.3) is 0 Å². The van der Waals surface area contributed by atoms with Crippen molar-refractivity contribution in [1.82, 2.24) is 0 Å². The van der Waals surface area contributed by atoms with Crippen LogP contribution in [-0.4, -0.2) is 21.0 Å². The number of sulfonamides is 1. The molecule has 5 nitrogen and oxygen atoms in total. The van der Waals surface area contributed by atoms with Crippen LogP contribution in [0.25, 0.3) is 0 Å². The SMILES string of the molecule is NS(=O)(=O)c1cc(C(=O)OCC2CC2)cc(Cl)c1Cl. The zero-order chi connectivity index (χ0) is 14.2. The maximum absolute atomic E-state index is 11.8. The van der Waals surface area contributed by atoms with Gasteiger partial charge in [-0.25, -0.2) is 18.4 Å². The summed E-state index contributed by atoms with van der Waals surface area (Å²) < 4.78 is 27.7. The molecule has 0 heterocycles. The lowest BCUT2D eigenvalue weighted by Crippen LogP contribution is -2.15. The topological polar surface area (TPSA) is 86.5 Å². The largest absolute Gasteiger partial charge is 0.462 e. The van der Waals surface area contributed by atoms with Crippen molar-refractivity contribution in [2.24, 2.45) is 11.1 Å². The first kappa shape index (κ1) is 14.6. The molecule has 0 radical (unpaired) electrons. The van der Waals surface area contributed by atoms with E-state index in [4.69, 9.17) is 33.1 Å². The number of rotatable bonds is 4. The highest BCUT2D eigenvalue weighted by atomic mass is 35.5. The highest BCUT2D eigenvalue weighted by Crippen LogP contribution is 2.32. The molecule has 1 aromatic carbocycles. The molecule has 0 amide bonds. The summed E-state index contributed by atoms with van der Waals surface area (Å²) in [4.78, 5) is 11.4. The van der Waals surface area contributed by atoms with Crippen LogP contribution in [0.5, 0.6) is 0 Å². The molecule has 0 spiro atoms. The second-order valence-electron chi connectivity index (χ2n) is 4.36. The van der Waals surface area contributed by atoms with Gasteiger partial charge in [0.15, 0.2) is 0 Å². The molecule has 8 heteroatoms. The minimum Gasteiger partial charge on any atom is -0.462 e. The standard InChI is InChI=1S/C11H11Cl2NO4S/c12-8-3-7(11(15)18-5-6-1-2-6)4-9(10(8)13)19(14,16)17/h3-4,6H,1-2,5H2,(H2,14,16,17). The Bertz CT molecular complexity index is 626. The van der Waals surface area contributed by atoms with E-state index in [0.29, 0.717) is 12.5 Å². The van der Waals surface area contributed by atoms with Crippen molar-refractivity contribution in [2.45, 2.75) is 17.7 Å². The first-order valence-electron chi connectivity index (χ1n) is 5.48. The molecule has 0 aliphatic heterocycles. The summed E-state index contributed by atoms with van der Waals surface area (Å²) >= 11 is 11.5.